The van der Waals surface area contributed by atoms with Crippen molar-refractivity contribution >= 4 is 21.4 Å². The number of hydrogen-bond donors (Lipinski definition) is 2. The number of non-ortho nitro benzene ring substituents is 1. The van der Waals surface area contributed by atoms with E-state index in [2.05, 4.69) is 5.32 Å². The number of hydrogen-bond acceptors (Lipinski definition) is 5. The molecule has 7 nitrogen and oxygen atoms in total. The van der Waals surface area contributed by atoms with Crippen LogP contribution < -0.4 is 10.5 Å². The first-order chi connectivity index (χ1) is 10.7. The Labute approximate surface area is 134 Å². The molecule has 0 aliphatic carbocycles. The van der Waals surface area contributed by atoms with Crippen molar-refractivity contribution in [1.29, 1.82) is 0 Å². The van der Waals surface area contributed by atoms with Crippen molar-refractivity contribution in [2.45, 2.75) is 24.8 Å². The quantitative estimate of drug-likeness (QED) is 0.644. The van der Waals surface area contributed by atoms with Crippen molar-refractivity contribution in [2.24, 2.45) is 5.14 Å². The average molecular weight is 335 g/mol. The molecule has 0 aromatic heterocycles. The van der Waals surface area contributed by atoms with Crippen LogP contribution in [-0.4, -0.2) is 13.3 Å². The van der Waals surface area contributed by atoms with Crippen LogP contribution in [0.25, 0.3) is 0 Å². The number of nitrogens with two attached hydrogens (primary N) is 1. The molecule has 2 aromatic carbocycles. The molecule has 0 heterocycles. The zero-order chi connectivity index (χ0) is 17.2. The van der Waals surface area contributed by atoms with Gasteiger partial charge in [0, 0.05) is 18.2 Å². The molecule has 0 aliphatic rings. The minimum absolute atomic E-state index is 0.196. The average Bonchev–Trinajstić information content (AvgIpc) is 2.46. The zero-order valence-corrected chi connectivity index (χ0v) is 13.5. The summed E-state index contributed by atoms with van der Waals surface area (Å²) in [5.74, 6) is 0. The number of sulfonamides is 1. The Balaban J connectivity index is 2.44. The molecule has 0 fully saturated rings. The van der Waals surface area contributed by atoms with Gasteiger partial charge in [0.25, 0.3) is 5.69 Å². The lowest BCUT2D eigenvalue weighted by Crippen LogP contribution is -2.17. The number of nitrogens with zero attached hydrogens (tertiary/aromatic N) is 1. The maximum atomic E-state index is 11.7. The van der Waals surface area contributed by atoms with Crippen LogP contribution in [0.1, 0.15) is 24.1 Å². The first-order valence-electron chi connectivity index (χ1n) is 6.83. The summed E-state index contributed by atoms with van der Waals surface area (Å²) in [6.07, 6.45) is 0. The summed E-state index contributed by atoms with van der Waals surface area (Å²) >= 11 is 0. The normalized spacial score (nSPS) is 12.7. The molecule has 122 valence electrons. The van der Waals surface area contributed by atoms with Gasteiger partial charge in [-0.2, -0.15) is 0 Å². The molecule has 0 spiro atoms. The van der Waals surface area contributed by atoms with E-state index in [4.69, 9.17) is 5.14 Å². The smallest absolute Gasteiger partial charge is 0.270 e. The Morgan fingerprint density at radius 3 is 2.43 bits per heavy atom. The van der Waals surface area contributed by atoms with E-state index in [-0.39, 0.29) is 22.3 Å². The molecular formula is C15H17N3O4S. The first kappa shape index (κ1) is 16.9. The van der Waals surface area contributed by atoms with Crippen LogP contribution in [0.4, 0.5) is 11.4 Å². The van der Waals surface area contributed by atoms with Gasteiger partial charge in [-0.3, -0.25) is 10.1 Å². The van der Waals surface area contributed by atoms with Gasteiger partial charge in [-0.1, -0.05) is 24.3 Å². The number of nitro benzene ring substituents is 1. The molecule has 0 saturated heterocycles. The first-order valence-corrected chi connectivity index (χ1v) is 8.38. The van der Waals surface area contributed by atoms with E-state index in [1.807, 2.05) is 38.1 Å². The second kappa shape index (κ2) is 6.35. The lowest BCUT2D eigenvalue weighted by Gasteiger charge is -2.19. The van der Waals surface area contributed by atoms with Gasteiger partial charge < -0.3 is 5.32 Å². The van der Waals surface area contributed by atoms with Crippen LogP contribution in [0, 0.1) is 17.0 Å². The SMILES string of the molecule is Cc1ccccc1C(C)Nc1ccc([N+](=O)[O-])cc1S(N)(=O)=O. The van der Waals surface area contributed by atoms with E-state index in [0.717, 1.165) is 17.2 Å². The molecule has 23 heavy (non-hydrogen) atoms. The summed E-state index contributed by atoms with van der Waals surface area (Å²) in [7, 11) is -4.09. The highest BCUT2D eigenvalue weighted by Gasteiger charge is 2.20. The van der Waals surface area contributed by atoms with Crippen molar-refractivity contribution in [1.82, 2.24) is 0 Å². The van der Waals surface area contributed by atoms with E-state index in [1.54, 1.807) is 0 Å². The van der Waals surface area contributed by atoms with Crippen molar-refractivity contribution < 1.29 is 13.3 Å². The molecule has 0 saturated carbocycles. The fourth-order valence-corrected chi connectivity index (χ4v) is 3.08. The van der Waals surface area contributed by atoms with Gasteiger partial charge in [-0.05, 0) is 31.0 Å². The molecule has 1 unspecified atom stereocenters. The zero-order valence-electron chi connectivity index (χ0n) is 12.7. The van der Waals surface area contributed by atoms with Crippen molar-refractivity contribution in [3.05, 3.63) is 63.7 Å². The predicted molar refractivity (Wildman–Crippen MR) is 87.7 cm³/mol. The van der Waals surface area contributed by atoms with Gasteiger partial charge in [0.2, 0.25) is 10.0 Å². The molecule has 0 bridgehead atoms. The summed E-state index contributed by atoms with van der Waals surface area (Å²) in [6, 6.07) is 11.0. The molecule has 8 heteroatoms. The Morgan fingerprint density at radius 2 is 1.87 bits per heavy atom. The lowest BCUT2D eigenvalue weighted by atomic mass is 10.0. The molecule has 3 N–H and O–H groups in total. The maximum absolute atomic E-state index is 11.7. The second-order valence-electron chi connectivity index (χ2n) is 5.21. The second-order valence-corrected chi connectivity index (χ2v) is 6.74. The minimum Gasteiger partial charge on any atom is -0.377 e. The van der Waals surface area contributed by atoms with Gasteiger partial charge in [0.15, 0.2) is 0 Å². The molecule has 0 radical (unpaired) electrons. The van der Waals surface area contributed by atoms with Crippen molar-refractivity contribution in [3.8, 4) is 0 Å². The highest BCUT2D eigenvalue weighted by Crippen LogP contribution is 2.29. The van der Waals surface area contributed by atoms with E-state index in [0.29, 0.717) is 0 Å². The van der Waals surface area contributed by atoms with Crippen LogP contribution in [0.3, 0.4) is 0 Å². The van der Waals surface area contributed by atoms with Crippen LogP contribution in [0.2, 0.25) is 0 Å². The molecule has 0 aliphatic heterocycles. The fraction of sp³-hybridized carbons (Fsp3) is 0.200. The standard InChI is InChI=1S/C15H17N3O4S/c1-10-5-3-4-6-13(10)11(2)17-14-8-7-12(18(19)20)9-15(14)23(16,21)22/h3-9,11,17H,1-2H3,(H2,16,21,22). The summed E-state index contributed by atoms with van der Waals surface area (Å²) < 4.78 is 23.5. The summed E-state index contributed by atoms with van der Waals surface area (Å²) in [6.45, 7) is 3.82. The van der Waals surface area contributed by atoms with Crippen LogP contribution in [0.15, 0.2) is 47.4 Å². The van der Waals surface area contributed by atoms with Gasteiger partial charge in [-0.15, -0.1) is 0 Å². The van der Waals surface area contributed by atoms with Gasteiger partial charge in [0.05, 0.1) is 10.6 Å². The lowest BCUT2D eigenvalue weighted by molar-refractivity contribution is -0.385. The Kier molecular flexibility index (Phi) is 4.67. The van der Waals surface area contributed by atoms with Crippen molar-refractivity contribution in [3.63, 3.8) is 0 Å². The molecule has 1 atom stereocenters. The molecule has 2 rings (SSSR count). The number of benzene rings is 2. The van der Waals surface area contributed by atoms with E-state index in [9.17, 15) is 18.5 Å². The van der Waals surface area contributed by atoms with Gasteiger partial charge in [-0.25, -0.2) is 13.6 Å². The molecule has 2 aromatic rings. The van der Waals surface area contributed by atoms with Gasteiger partial charge >= 0.3 is 0 Å². The number of anilines is 1. The third kappa shape index (κ3) is 3.85. The summed E-state index contributed by atoms with van der Waals surface area (Å²) in [5, 5.41) is 19.1. The van der Waals surface area contributed by atoms with Crippen molar-refractivity contribution in [2.75, 3.05) is 5.32 Å². The minimum atomic E-state index is -4.09. The highest BCUT2D eigenvalue weighted by molar-refractivity contribution is 7.89. The predicted octanol–water partition coefficient (Wildman–Crippen LogP) is 2.72. The van der Waals surface area contributed by atoms with Crippen LogP contribution >= 0.6 is 0 Å². The third-order valence-electron chi connectivity index (χ3n) is 3.51. The number of primary sulfonamides is 1. The molecular weight excluding hydrogens is 318 g/mol. The summed E-state index contributed by atoms with van der Waals surface area (Å²) in [5.41, 5.74) is 1.94. The number of nitrogens with one attached hydrogen (secondary N) is 1. The van der Waals surface area contributed by atoms with Gasteiger partial charge in [0.1, 0.15) is 4.90 Å². The molecule has 0 amide bonds. The fourth-order valence-electron chi connectivity index (χ4n) is 2.36. The van der Waals surface area contributed by atoms with E-state index in [1.165, 1.54) is 12.1 Å². The number of rotatable bonds is 5. The maximum Gasteiger partial charge on any atom is 0.270 e. The topological polar surface area (TPSA) is 115 Å². The summed E-state index contributed by atoms with van der Waals surface area (Å²) in [4.78, 5) is 9.87. The monoisotopic (exact) mass is 335 g/mol. The van der Waals surface area contributed by atoms with E-state index >= 15 is 0 Å². The van der Waals surface area contributed by atoms with Crippen LogP contribution in [0.5, 0.6) is 0 Å². The number of nitro groups is 1. The Bertz CT molecular complexity index is 850. The van der Waals surface area contributed by atoms with Crippen LogP contribution in [-0.2, 0) is 10.0 Å². The highest BCUT2D eigenvalue weighted by atomic mass is 32.2. The largest absolute Gasteiger partial charge is 0.377 e. The number of aryl methyl sites for hydroxylation is 1. The Hall–Kier alpha value is -2.45. The Morgan fingerprint density at radius 1 is 1.22 bits per heavy atom. The third-order valence-corrected chi connectivity index (χ3v) is 4.46. The van der Waals surface area contributed by atoms with E-state index < -0.39 is 14.9 Å².